The Morgan fingerprint density at radius 3 is 2.26 bits per heavy atom. The van der Waals surface area contributed by atoms with E-state index in [1.165, 1.54) is 4.90 Å². The molecule has 7 nitrogen and oxygen atoms in total. The van der Waals surface area contributed by atoms with Crippen molar-refractivity contribution >= 4 is 51.8 Å². The molecule has 0 radical (unpaired) electrons. The molecule has 2 amide bonds. The SMILES string of the molecule is CCCC(OC(=O)c1cc(-c2ccc(N3C(=O)C4CC=CCC4C3=O)cc2)nc2ccc(Cl)cc12)C(=O)c1ccccc1. The summed E-state index contributed by atoms with van der Waals surface area (Å²) in [6.45, 7) is 1.93. The van der Waals surface area contributed by atoms with E-state index < -0.39 is 12.1 Å². The lowest BCUT2D eigenvalue weighted by Crippen LogP contribution is -2.30. The maximum absolute atomic E-state index is 13.7. The number of amides is 2. The van der Waals surface area contributed by atoms with Crippen molar-refractivity contribution in [2.45, 2.75) is 38.7 Å². The van der Waals surface area contributed by atoms with Crippen LogP contribution in [0.15, 0.2) is 91.0 Å². The van der Waals surface area contributed by atoms with Crippen molar-refractivity contribution in [1.29, 1.82) is 0 Å². The molecule has 1 aliphatic carbocycles. The Bertz CT molecular complexity index is 1740. The number of pyridine rings is 1. The van der Waals surface area contributed by atoms with Gasteiger partial charge in [0.1, 0.15) is 0 Å². The fourth-order valence-electron chi connectivity index (χ4n) is 5.84. The van der Waals surface area contributed by atoms with Gasteiger partial charge in [-0.15, -0.1) is 0 Å². The van der Waals surface area contributed by atoms with Crippen LogP contribution in [0.25, 0.3) is 22.2 Å². The molecule has 3 aromatic carbocycles. The van der Waals surface area contributed by atoms with Crippen LogP contribution in [0.1, 0.15) is 53.3 Å². The third-order valence-electron chi connectivity index (χ3n) is 8.07. The number of ether oxygens (including phenoxy) is 1. The number of fused-ring (bicyclic) bond motifs is 2. The molecule has 6 rings (SSSR count). The van der Waals surface area contributed by atoms with Crippen molar-refractivity contribution in [3.8, 4) is 11.3 Å². The highest BCUT2D eigenvalue weighted by Crippen LogP contribution is 2.38. The predicted octanol–water partition coefficient (Wildman–Crippen LogP) is 7.22. The topological polar surface area (TPSA) is 93.6 Å². The van der Waals surface area contributed by atoms with E-state index in [0.29, 0.717) is 64.1 Å². The van der Waals surface area contributed by atoms with Gasteiger partial charge in [-0.1, -0.05) is 79.6 Å². The number of rotatable bonds is 8. The van der Waals surface area contributed by atoms with Crippen LogP contribution in [0, 0.1) is 11.8 Å². The Morgan fingerprint density at radius 2 is 1.60 bits per heavy atom. The summed E-state index contributed by atoms with van der Waals surface area (Å²) in [4.78, 5) is 59.0. The number of benzene rings is 3. The van der Waals surface area contributed by atoms with Crippen molar-refractivity contribution in [3.63, 3.8) is 0 Å². The number of allylic oxidation sites excluding steroid dienone is 2. The van der Waals surface area contributed by atoms with E-state index in [2.05, 4.69) is 0 Å². The Hall–Kier alpha value is -4.62. The highest BCUT2D eigenvalue weighted by Gasteiger charge is 2.47. The molecule has 0 saturated carbocycles. The molecule has 1 aromatic heterocycles. The largest absolute Gasteiger partial charge is 0.450 e. The first-order chi connectivity index (χ1) is 20.9. The number of carbonyl (C=O) groups is 4. The molecule has 3 unspecified atom stereocenters. The summed E-state index contributed by atoms with van der Waals surface area (Å²) in [6, 6.07) is 22.5. The first-order valence-electron chi connectivity index (χ1n) is 14.4. The van der Waals surface area contributed by atoms with Crippen LogP contribution in [0.5, 0.6) is 0 Å². The zero-order valence-electron chi connectivity index (χ0n) is 23.5. The number of hydrogen-bond acceptors (Lipinski definition) is 6. The van der Waals surface area contributed by atoms with Crippen LogP contribution >= 0.6 is 11.6 Å². The molecule has 43 heavy (non-hydrogen) atoms. The summed E-state index contributed by atoms with van der Waals surface area (Å²) in [5.74, 6) is -1.89. The smallest absolute Gasteiger partial charge is 0.339 e. The van der Waals surface area contributed by atoms with Gasteiger partial charge in [0, 0.05) is 21.5 Å². The Morgan fingerprint density at radius 1 is 0.930 bits per heavy atom. The van der Waals surface area contributed by atoms with Gasteiger partial charge in [-0.2, -0.15) is 0 Å². The summed E-state index contributed by atoms with van der Waals surface area (Å²) in [5.41, 5.74) is 2.91. The minimum Gasteiger partial charge on any atom is -0.450 e. The van der Waals surface area contributed by atoms with Crippen molar-refractivity contribution in [2.24, 2.45) is 11.8 Å². The molecule has 1 aliphatic heterocycles. The molecule has 4 aromatic rings. The van der Waals surface area contributed by atoms with Gasteiger partial charge in [-0.05, 0) is 55.7 Å². The fraction of sp³-hybridized carbons (Fsp3) is 0.229. The predicted molar refractivity (Wildman–Crippen MR) is 165 cm³/mol. The fourth-order valence-corrected chi connectivity index (χ4v) is 6.01. The third-order valence-corrected chi connectivity index (χ3v) is 8.31. The van der Waals surface area contributed by atoms with Gasteiger partial charge in [0.2, 0.25) is 17.6 Å². The molecule has 0 spiro atoms. The van der Waals surface area contributed by atoms with Crippen LogP contribution in [0.4, 0.5) is 5.69 Å². The molecule has 0 bridgehead atoms. The van der Waals surface area contributed by atoms with Crippen LogP contribution in [-0.4, -0.2) is 34.7 Å². The zero-order chi connectivity index (χ0) is 30.1. The zero-order valence-corrected chi connectivity index (χ0v) is 24.3. The number of hydrogen-bond donors (Lipinski definition) is 0. The number of aromatic nitrogens is 1. The first-order valence-corrected chi connectivity index (χ1v) is 14.8. The summed E-state index contributed by atoms with van der Waals surface area (Å²) in [7, 11) is 0. The second-order valence-electron chi connectivity index (χ2n) is 10.8. The number of ketones is 1. The quantitative estimate of drug-likeness (QED) is 0.0928. The van der Waals surface area contributed by atoms with Gasteiger partial charge in [-0.25, -0.2) is 9.78 Å². The van der Waals surface area contributed by atoms with E-state index in [9.17, 15) is 19.2 Å². The number of halogens is 1. The van der Waals surface area contributed by atoms with Gasteiger partial charge < -0.3 is 4.74 Å². The first kappa shape index (κ1) is 28.5. The average Bonchev–Trinajstić information content (AvgIpc) is 3.29. The number of anilines is 1. The number of carbonyl (C=O) groups excluding carboxylic acids is 4. The van der Waals surface area contributed by atoms with Crippen LogP contribution in [0.2, 0.25) is 5.02 Å². The lowest BCUT2D eigenvalue weighted by Gasteiger charge is -2.18. The molecular formula is C35H29ClN2O5. The Balaban J connectivity index is 1.32. The van der Waals surface area contributed by atoms with Gasteiger partial charge in [-0.3, -0.25) is 19.3 Å². The van der Waals surface area contributed by atoms with E-state index in [1.807, 2.05) is 25.1 Å². The third kappa shape index (κ3) is 5.48. The molecule has 8 heteroatoms. The monoisotopic (exact) mass is 592 g/mol. The van der Waals surface area contributed by atoms with Gasteiger partial charge in [0.15, 0.2) is 6.10 Å². The Kier molecular flexibility index (Phi) is 7.91. The number of imide groups is 1. The van der Waals surface area contributed by atoms with E-state index in [-0.39, 0.29) is 35.0 Å². The van der Waals surface area contributed by atoms with Crippen LogP contribution in [-0.2, 0) is 14.3 Å². The highest BCUT2D eigenvalue weighted by molar-refractivity contribution is 6.31. The molecule has 2 aliphatic rings. The van der Waals surface area contributed by atoms with Gasteiger partial charge in [0.25, 0.3) is 0 Å². The van der Waals surface area contributed by atoms with Crippen molar-refractivity contribution in [1.82, 2.24) is 4.98 Å². The molecule has 1 saturated heterocycles. The van der Waals surface area contributed by atoms with Crippen LogP contribution < -0.4 is 4.90 Å². The van der Waals surface area contributed by atoms with E-state index >= 15 is 0 Å². The molecule has 1 fully saturated rings. The maximum atomic E-state index is 13.7. The maximum Gasteiger partial charge on any atom is 0.339 e. The van der Waals surface area contributed by atoms with Gasteiger partial charge >= 0.3 is 5.97 Å². The molecule has 3 atom stereocenters. The summed E-state index contributed by atoms with van der Waals surface area (Å²) < 4.78 is 5.84. The minimum absolute atomic E-state index is 0.176. The molecule has 2 heterocycles. The van der Waals surface area contributed by atoms with Gasteiger partial charge in [0.05, 0.1) is 34.3 Å². The number of esters is 1. The second kappa shape index (κ2) is 11.9. The summed E-state index contributed by atoms with van der Waals surface area (Å²) in [6.07, 6.45) is 5.15. The normalized spacial score (nSPS) is 18.5. The average molecular weight is 593 g/mol. The number of nitrogens with zero attached hydrogens (tertiary/aromatic N) is 2. The van der Waals surface area contributed by atoms with E-state index in [1.54, 1.807) is 72.8 Å². The Labute approximate surface area is 254 Å². The van der Waals surface area contributed by atoms with E-state index in [4.69, 9.17) is 21.3 Å². The highest BCUT2D eigenvalue weighted by atomic mass is 35.5. The van der Waals surface area contributed by atoms with E-state index in [0.717, 1.165) is 0 Å². The standard InChI is InChI=1S/C35H29ClN2O5/c1-2-8-31(32(39)22-9-4-3-5-10-22)43-35(42)28-20-30(37-29-18-15-23(36)19-27(28)29)21-13-16-24(17-14-21)38-33(40)25-11-6-7-12-26(25)34(38)41/h3-7,9-10,13-20,25-26,31H,2,8,11-12H2,1H3. The summed E-state index contributed by atoms with van der Waals surface area (Å²) >= 11 is 6.29. The lowest BCUT2D eigenvalue weighted by molar-refractivity contribution is -0.122. The molecular weight excluding hydrogens is 564 g/mol. The van der Waals surface area contributed by atoms with Crippen molar-refractivity contribution < 1.29 is 23.9 Å². The van der Waals surface area contributed by atoms with Crippen LogP contribution in [0.3, 0.4) is 0 Å². The second-order valence-corrected chi connectivity index (χ2v) is 11.3. The minimum atomic E-state index is -0.945. The number of Topliss-reactive ketones (excluding diaryl/α,β-unsaturated/α-hetero) is 1. The van der Waals surface area contributed by atoms with Crippen molar-refractivity contribution in [3.05, 3.63) is 107 Å². The lowest BCUT2D eigenvalue weighted by atomic mass is 9.85. The molecule has 0 N–H and O–H groups in total. The molecule has 216 valence electrons. The van der Waals surface area contributed by atoms with Crippen molar-refractivity contribution in [2.75, 3.05) is 4.90 Å². The summed E-state index contributed by atoms with van der Waals surface area (Å²) in [5, 5.41) is 0.936.